The summed E-state index contributed by atoms with van der Waals surface area (Å²) < 4.78 is 12.4. The van der Waals surface area contributed by atoms with Crippen molar-refractivity contribution in [3.63, 3.8) is 0 Å². The molecular formula is C27H46INO4. The molecule has 0 amide bonds. The van der Waals surface area contributed by atoms with Crippen LogP contribution in [-0.2, 0) is 9.47 Å². The molecule has 190 valence electrons. The molecule has 0 radical (unpaired) electrons. The summed E-state index contributed by atoms with van der Waals surface area (Å²) in [6, 6.07) is 0. The molecule has 3 saturated carbocycles. The van der Waals surface area contributed by atoms with E-state index in [1.807, 2.05) is 0 Å². The lowest BCUT2D eigenvalue weighted by Gasteiger charge is -2.57. The Hall–Kier alpha value is -0.340. The van der Waals surface area contributed by atoms with Crippen molar-refractivity contribution < 1.29 is 47.8 Å². The number of quaternary nitrogens is 1. The Bertz CT molecular complexity index is 729. The van der Waals surface area contributed by atoms with Crippen LogP contribution in [-0.4, -0.2) is 54.3 Å². The summed E-state index contributed by atoms with van der Waals surface area (Å²) in [5.41, 5.74) is 1.82. The average Bonchev–Trinajstić information content (AvgIpc) is 3.12. The van der Waals surface area contributed by atoms with Crippen molar-refractivity contribution in [2.24, 2.45) is 28.6 Å². The zero-order chi connectivity index (χ0) is 23.1. The van der Waals surface area contributed by atoms with Crippen LogP contribution in [0.1, 0.15) is 86.0 Å². The van der Waals surface area contributed by atoms with Crippen LogP contribution in [0.4, 0.5) is 4.79 Å². The molecule has 0 aromatic rings. The molecule has 0 spiro atoms. The average molecular weight is 576 g/mol. The van der Waals surface area contributed by atoms with E-state index in [0.29, 0.717) is 24.5 Å². The van der Waals surface area contributed by atoms with Crippen LogP contribution >= 0.6 is 0 Å². The summed E-state index contributed by atoms with van der Waals surface area (Å²) in [6.07, 6.45) is 10.3. The number of halogens is 1. The van der Waals surface area contributed by atoms with Crippen LogP contribution in [0.5, 0.6) is 0 Å². The fourth-order valence-corrected chi connectivity index (χ4v) is 8.07. The first-order chi connectivity index (χ1) is 15.2. The highest BCUT2D eigenvalue weighted by atomic mass is 127. The maximum absolute atomic E-state index is 12.7. The summed E-state index contributed by atoms with van der Waals surface area (Å²) in [4.78, 5) is 12.7. The molecule has 4 aliphatic carbocycles. The maximum atomic E-state index is 12.7. The number of hydrogen-bond donors (Lipinski definition) is 1. The number of carbonyl (C=O) groups is 1. The van der Waals surface area contributed by atoms with E-state index in [0.717, 1.165) is 69.1 Å². The van der Waals surface area contributed by atoms with Gasteiger partial charge in [-0.15, -0.1) is 0 Å². The second-order valence-corrected chi connectivity index (χ2v) is 11.7. The number of hydrogen-bond acceptors (Lipinski definition) is 4. The van der Waals surface area contributed by atoms with Crippen LogP contribution in [0.15, 0.2) is 11.6 Å². The van der Waals surface area contributed by atoms with E-state index >= 15 is 0 Å². The van der Waals surface area contributed by atoms with Gasteiger partial charge in [0.05, 0.1) is 25.7 Å². The number of aliphatic hydroxyl groups excluding tert-OH is 1. The van der Waals surface area contributed by atoms with E-state index in [1.54, 1.807) is 0 Å². The van der Waals surface area contributed by atoms with Gasteiger partial charge in [0, 0.05) is 5.41 Å². The van der Waals surface area contributed by atoms with Crippen LogP contribution in [0.25, 0.3) is 0 Å². The van der Waals surface area contributed by atoms with Gasteiger partial charge < -0.3 is 38.6 Å². The summed E-state index contributed by atoms with van der Waals surface area (Å²) in [6.45, 7) is 14.6. The van der Waals surface area contributed by atoms with Crippen molar-refractivity contribution in [3.8, 4) is 0 Å². The van der Waals surface area contributed by atoms with Crippen LogP contribution in [0.3, 0.4) is 0 Å². The van der Waals surface area contributed by atoms with Crippen molar-refractivity contribution in [3.05, 3.63) is 11.6 Å². The summed E-state index contributed by atoms with van der Waals surface area (Å²) >= 11 is 0. The highest BCUT2D eigenvalue weighted by molar-refractivity contribution is 5.60. The molecule has 0 aromatic carbocycles. The number of rotatable bonds is 6. The summed E-state index contributed by atoms with van der Waals surface area (Å²) in [5.74, 6) is 1.99. The lowest BCUT2D eigenvalue weighted by molar-refractivity contribution is -0.939. The van der Waals surface area contributed by atoms with E-state index in [-0.39, 0.29) is 47.0 Å². The van der Waals surface area contributed by atoms with Gasteiger partial charge in [-0.2, -0.15) is 0 Å². The van der Waals surface area contributed by atoms with Crippen molar-refractivity contribution in [1.82, 2.24) is 0 Å². The minimum atomic E-state index is -0.476. The number of fused-ring (bicyclic) bond motifs is 5. The SMILES string of the molecule is CC[N+](CC)(CC)COC(=O)O[C@H]1CC[C@H]2[C@@H]3CC=C4CC(O)CC[C@]4(C)[C@H]3CC[C@]12C.[I-]. The molecule has 5 nitrogen and oxygen atoms in total. The molecule has 4 rings (SSSR count). The van der Waals surface area contributed by atoms with Gasteiger partial charge in [-0.3, -0.25) is 4.48 Å². The molecule has 0 aromatic heterocycles. The summed E-state index contributed by atoms with van der Waals surface area (Å²) in [7, 11) is 0. The lowest BCUT2D eigenvalue weighted by atomic mass is 9.48. The molecule has 0 heterocycles. The van der Waals surface area contributed by atoms with E-state index in [9.17, 15) is 9.90 Å². The van der Waals surface area contributed by atoms with Gasteiger partial charge in [-0.1, -0.05) is 25.5 Å². The van der Waals surface area contributed by atoms with Crippen molar-refractivity contribution in [2.75, 3.05) is 26.4 Å². The molecule has 0 bridgehead atoms. The van der Waals surface area contributed by atoms with Gasteiger partial charge in [0.15, 0.2) is 0 Å². The topological polar surface area (TPSA) is 55.8 Å². The van der Waals surface area contributed by atoms with E-state index in [1.165, 1.54) is 12.0 Å². The van der Waals surface area contributed by atoms with Crippen molar-refractivity contribution in [1.29, 1.82) is 0 Å². The quantitative estimate of drug-likeness (QED) is 0.174. The third-order valence-electron chi connectivity index (χ3n) is 10.7. The number of ether oxygens (including phenoxy) is 2. The van der Waals surface area contributed by atoms with Gasteiger partial charge in [-0.05, 0) is 95.3 Å². The van der Waals surface area contributed by atoms with Crippen LogP contribution < -0.4 is 24.0 Å². The first-order valence-electron chi connectivity index (χ1n) is 13.3. The molecule has 3 fully saturated rings. The first kappa shape index (κ1) is 27.3. The zero-order valence-corrected chi connectivity index (χ0v) is 23.6. The second kappa shape index (κ2) is 10.3. The monoisotopic (exact) mass is 575 g/mol. The molecule has 7 atom stereocenters. The predicted molar refractivity (Wildman–Crippen MR) is 126 cm³/mol. The van der Waals surface area contributed by atoms with E-state index < -0.39 is 6.16 Å². The smallest absolute Gasteiger partial charge is 0.512 e. The number of aliphatic hydroxyl groups is 1. The molecule has 4 aliphatic rings. The highest BCUT2D eigenvalue weighted by Gasteiger charge is 2.59. The maximum Gasteiger partial charge on any atom is 0.512 e. The normalized spacial score (nSPS) is 39.9. The molecule has 6 heteroatoms. The first-order valence-corrected chi connectivity index (χ1v) is 13.3. The Labute approximate surface area is 218 Å². The second-order valence-electron chi connectivity index (χ2n) is 11.7. The zero-order valence-electron chi connectivity index (χ0n) is 21.4. The Morgan fingerprint density at radius 1 is 1.06 bits per heavy atom. The summed E-state index contributed by atoms with van der Waals surface area (Å²) in [5, 5.41) is 10.2. The minimum Gasteiger partial charge on any atom is -1.00 e. The van der Waals surface area contributed by atoms with Gasteiger partial charge in [0.2, 0.25) is 6.73 Å². The molecule has 1 unspecified atom stereocenters. The molecule has 1 N–H and O–H groups in total. The van der Waals surface area contributed by atoms with E-state index in [2.05, 4.69) is 40.7 Å². The standard InChI is InChI=1S/C27H46NO4.HI/c1-6-28(7-2,8-3)18-31-25(30)32-24-12-11-22-21-10-9-19-17-20(29)13-15-26(19,4)23(21)14-16-27(22,24)5;/h9,20-24,29H,6-8,10-18H2,1-5H3;1H/q+1;/p-1/t20?,21-,22-,23-,24-,26-,27-;/m0./s1. The predicted octanol–water partition coefficient (Wildman–Crippen LogP) is 2.67. The van der Waals surface area contributed by atoms with Crippen LogP contribution in [0, 0.1) is 28.6 Å². The number of carbonyl (C=O) groups excluding carboxylic acids is 1. The molecule has 0 aliphatic heterocycles. The fourth-order valence-electron chi connectivity index (χ4n) is 8.07. The van der Waals surface area contributed by atoms with Gasteiger partial charge in [0.25, 0.3) is 0 Å². The third kappa shape index (κ3) is 4.74. The number of nitrogens with zero attached hydrogens (tertiary/aromatic N) is 1. The minimum absolute atomic E-state index is 0. The van der Waals surface area contributed by atoms with Gasteiger partial charge >= 0.3 is 6.16 Å². The third-order valence-corrected chi connectivity index (χ3v) is 10.7. The van der Waals surface area contributed by atoms with Gasteiger partial charge in [-0.25, -0.2) is 4.79 Å². The Morgan fingerprint density at radius 2 is 1.76 bits per heavy atom. The van der Waals surface area contributed by atoms with Gasteiger partial charge in [0.1, 0.15) is 6.10 Å². The Morgan fingerprint density at radius 3 is 2.42 bits per heavy atom. The molecular weight excluding hydrogens is 529 g/mol. The molecule has 0 saturated heterocycles. The van der Waals surface area contributed by atoms with Crippen LogP contribution in [0.2, 0.25) is 0 Å². The number of allylic oxidation sites excluding steroid dienone is 1. The van der Waals surface area contributed by atoms with E-state index in [4.69, 9.17) is 9.47 Å². The highest BCUT2D eigenvalue weighted by Crippen LogP contribution is 2.65. The Kier molecular flexibility index (Phi) is 8.54. The fraction of sp³-hybridized carbons (Fsp3) is 0.889. The van der Waals surface area contributed by atoms with Crippen molar-refractivity contribution >= 4 is 6.16 Å². The molecule has 33 heavy (non-hydrogen) atoms. The largest absolute Gasteiger partial charge is 1.00 e. The lowest BCUT2D eigenvalue weighted by Crippen LogP contribution is -3.00. The Balaban J connectivity index is 0.00000306. The van der Waals surface area contributed by atoms with Crippen molar-refractivity contribution in [2.45, 2.75) is 98.2 Å².